The van der Waals surface area contributed by atoms with Gasteiger partial charge in [0.25, 0.3) is 5.91 Å². The average Bonchev–Trinajstić information content (AvgIpc) is 3.01. The van der Waals surface area contributed by atoms with Crippen LogP contribution in [0.15, 0.2) is 10.5 Å². The van der Waals surface area contributed by atoms with Gasteiger partial charge in [-0.2, -0.15) is 5.26 Å². The van der Waals surface area contributed by atoms with Crippen LogP contribution in [0.25, 0.3) is 0 Å². The summed E-state index contributed by atoms with van der Waals surface area (Å²) in [6.45, 7) is 2.93. The van der Waals surface area contributed by atoms with E-state index in [9.17, 15) is 13.2 Å². The Hall–Kier alpha value is -1.85. The molecule has 1 unspecified atom stereocenters. The zero-order valence-electron chi connectivity index (χ0n) is 11.9. The first-order valence-electron chi connectivity index (χ1n) is 6.55. The van der Waals surface area contributed by atoms with E-state index >= 15 is 0 Å². The van der Waals surface area contributed by atoms with Crippen molar-refractivity contribution in [1.82, 2.24) is 9.62 Å². The summed E-state index contributed by atoms with van der Waals surface area (Å²) >= 11 is 0. The molecule has 1 N–H and O–H groups in total. The van der Waals surface area contributed by atoms with E-state index in [2.05, 4.69) is 5.32 Å². The van der Waals surface area contributed by atoms with Gasteiger partial charge in [-0.3, -0.25) is 4.79 Å². The van der Waals surface area contributed by atoms with Crippen molar-refractivity contribution in [2.75, 3.05) is 25.9 Å². The second-order valence-corrected chi connectivity index (χ2v) is 7.16. The van der Waals surface area contributed by atoms with Gasteiger partial charge in [-0.25, -0.2) is 12.7 Å². The van der Waals surface area contributed by atoms with Gasteiger partial charge in [0.05, 0.1) is 11.8 Å². The van der Waals surface area contributed by atoms with E-state index in [4.69, 9.17) is 9.68 Å². The molecule has 0 bridgehead atoms. The molecule has 0 spiro atoms. The number of nitrogens with one attached hydrogen (secondary N) is 1. The molecule has 0 aliphatic carbocycles. The number of nitriles is 1. The van der Waals surface area contributed by atoms with Crippen LogP contribution in [0.1, 0.15) is 28.3 Å². The fourth-order valence-corrected chi connectivity index (χ4v) is 3.28. The van der Waals surface area contributed by atoms with Crippen molar-refractivity contribution in [1.29, 1.82) is 5.26 Å². The second kappa shape index (κ2) is 5.87. The van der Waals surface area contributed by atoms with Gasteiger partial charge in [-0.1, -0.05) is 0 Å². The van der Waals surface area contributed by atoms with Crippen LogP contribution in [0.4, 0.5) is 0 Å². The molecule has 2 heterocycles. The van der Waals surface area contributed by atoms with Gasteiger partial charge in [0, 0.05) is 25.7 Å². The Morgan fingerprint density at radius 2 is 2.33 bits per heavy atom. The number of amides is 1. The molecule has 1 aromatic heterocycles. The number of rotatable bonds is 4. The number of carbonyl (C=O) groups excluding carboxylic acids is 1. The van der Waals surface area contributed by atoms with Crippen LogP contribution in [0.3, 0.4) is 0 Å². The normalized spacial score (nSPS) is 19.4. The van der Waals surface area contributed by atoms with Gasteiger partial charge in [-0.05, 0) is 19.3 Å². The van der Waals surface area contributed by atoms with E-state index in [1.54, 1.807) is 6.92 Å². The van der Waals surface area contributed by atoms with Crippen LogP contribution in [0.5, 0.6) is 0 Å². The molecule has 7 nitrogen and oxygen atoms in total. The minimum absolute atomic E-state index is 0.0989. The summed E-state index contributed by atoms with van der Waals surface area (Å²) in [7, 11) is -3.16. The summed E-state index contributed by atoms with van der Waals surface area (Å²) in [5.41, 5.74) is 0.338. The molecule has 0 saturated carbocycles. The number of hydrogen-bond donors (Lipinski definition) is 1. The van der Waals surface area contributed by atoms with Crippen molar-refractivity contribution in [2.45, 2.75) is 13.3 Å². The molecule has 0 aromatic carbocycles. The number of sulfonamides is 1. The molecule has 1 aliphatic heterocycles. The fraction of sp³-hybridized carbons (Fsp3) is 0.538. The molecule has 1 atom stereocenters. The topological polar surface area (TPSA) is 103 Å². The third-order valence-corrected chi connectivity index (χ3v) is 4.81. The fourth-order valence-electron chi connectivity index (χ4n) is 2.36. The highest BCUT2D eigenvalue weighted by Crippen LogP contribution is 2.18. The lowest BCUT2D eigenvalue weighted by Gasteiger charge is -2.13. The number of furan rings is 1. The smallest absolute Gasteiger partial charge is 0.254 e. The largest absolute Gasteiger partial charge is 0.450 e. The Morgan fingerprint density at radius 3 is 2.86 bits per heavy atom. The molecular weight excluding hydrogens is 294 g/mol. The lowest BCUT2D eigenvalue weighted by Crippen LogP contribution is -2.32. The van der Waals surface area contributed by atoms with E-state index < -0.39 is 10.0 Å². The molecule has 1 aliphatic rings. The van der Waals surface area contributed by atoms with Crippen LogP contribution in [0, 0.1) is 24.2 Å². The Balaban J connectivity index is 1.91. The number of nitrogens with zero attached hydrogens (tertiary/aromatic N) is 2. The first kappa shape index (κ1) is 15.5. The standard InChI is InChI=1S/C13H17N3O4S/c1-9-12(5-11(6-14)20-9)13(17)15-7-10-3-4-16(8-10)21(2,18)19/h5,10H,3-4,7-8H2,1-2H3,(H,15,17). The Bertz CT molecular complexity index is 687. The van der Waals surface area contributed by atoms with Crippen LogP contribution < -0.4 is 5.32 Å². The predicted molar refractivity (Wildman–Crippen MR) is 75.0 cm³/mol. The quantitative estimate of drug-likeness (QED) is 0.870. The second-order valence-electron chi connectivity index (χ2n) is 5.18. The SMILES string of the molecule is Cc1oc(C#N)cc1C(=O)NCC1CCN(S(C)(=O)=O)C1. The van der Waals surface area contributed by atoms with E-state index in [0.29, 0.717) is 31.0 Å². The maximum absolute atomic E-state index is 12.0. The van der Waals surface area contributed by atoms with Crippen molar-refractivity contribution in [3.8, 4) is 6.07 Å². The molecule has 8 heteroatoms. The summed E-state index contributed by atoms with van der Waals surface area (Å²) in [5, 5.41) is 11.5. The lowest BCUT2D eigenvalue weighted by atomic mass is 10.1. The number of aryl methyl sites for hydroxylation is 1. The van der Waals surface area contributed by atoms with Crippen molar-refractivity contribution in [3.05, 3.63) is 23.2 Å². The minimum Gasteiger partial charge on any atom is -0.450 e. The van der Waals surface area contributed by atoms with E-state index in [1.165, 1.54) is 16.6 Å². The van der Waals surface area contributed by atoms with Crippen molar-refractivity contribution < 1.29 is 17.6 Å². The molecule has 1 aromatic rings. The summed E-state index contributed by atoms with van der Waals surface area (Å²) in [6.07, 6.45) is 1.91. The van der Waals surface area contributed by atoms with Gasteiger partial charge >= 0.3 is 0 Å². The van der Waals surface area contributed by atoms with Gasteiger partial charge in [0.15, 0.2) is 0 Å². The molecule has 1 fully saturated rings. The van der Waals surface area contributed by atoms with Crippen LogP contribution in [-0.2, 0) is 10.0 Å². The first-order chi connectivity index (χ1) is 9.81. The zero-order valence-corrected chi connectivity index (χ0v) is 12.7. The highest BCUT2D eigenvalue weighted by molar-refractivity contribution is 7.88. The predicted octanol–water partition coefficient (Wildman–Crippen LogP) is 0.471. The highest BCUT2D eigenvalue weighted by atomic mass is 32.2. The van der Waals surface area contributed by atoms with E-state index in [-0.39, 0.29) is 17.6 Å². The minimum atomic E-state index is -3.16. The Morgan fingerprint density at radius 1 is 1.62 bits per heavy atom. The highest BCUT2D eigenvalue weighted by Gasteiger charge is 2.28. The van der Waals surface area contributed by atoms with Crippen molar-refractivity contribution >= 4 is 15.9 Å². The number of hydrogen-bond acceptors (Lipinski definition) is 5. The van der Waals surface area contributed by atoms with Crippen LogP contribution in [0.2, 0.25) is 0 Å². The third kappa shape index (κ3) is 3.62. The summed E-state index contributed by atoms with van der Waals surface area (Å²) in [4.78, 5) is 12.0. The average molecular weight is 311 g/mol. The Kier molecular flexibility index (Phi) is 4.34. The monoisotopic (exact) mass is 311 g/mol. The Labute approximate surface area is 123 Å². The molecule has 1 amide bonds. The maximum Gasteiger partial charge on any atom is 0.254 e. The molecule has 1 saturated heterocycles. The van der Waals surface area contributed by atoms with Gasteiger partial charge in [0.2, 0.25) is 15.8 Å². The first-order valence-corrected chi connectivity index (χ1v) is 8.40. The molecule has 114 valence electrons. The van der Waals surface area contributed by atoms with Crippen molar-refractivity contribution in [3.63, 3.8) is 0 Å². The van der Waals surface area contributed by atoms with Crippen LogP contribution >= 0.6 is 0 Å². The lowest BCUT2D eigenvalue weighted by molar-refractivity contribution is 0.0946. The third-order valence-electron chi connectivity index (χ3n) is 3.54. The van der Waals surface area contributed by atoms with Crippen LogP contribution in [-0.4, -0.2) is 44.5 Å². The molecule has 0 radical (unpaired) electrons. The van der Waals surface area contributed by atoms with Crippen molar-refractivity contribution in [2.24, 2.45) is 5.92 Å². The van der Waals surface area contributed by atoms with Gasteiger partial charge in [-0.15, -0.1) is 0 Å². The molecule has 21 heavy (non-hydrogen) atoms. The summed E-state index contributed by atoms with van der Waals surface area (Å²) in [6, 6.07) is 3.25. The molecule has 2 rings (SSSR count). The summed E-state index contributed by atoms with van der Waals surface area (Å²) in [5.74, 6) is 0.289. The number of carbonyl (C=O) groups is 1. The zero-order chi connectivity index (χ0) is 15.6. The summed E-state index contributed by atoms with van der Waals surface area (Å²) < 4.78 is 29.4. The van der Waals surface area contributed by atoms with Gasteiger partial charge < -0.3 is 9.73 Å². The van der Waals surface area contributed by atoms with E-state index in [0.717, 1.165) is 6.42 Å². The molecular formula is C13H17N3O4S. The van der Waals surface area contributed by atoms with Gasteiger partial charge in [0.1, 0.15) is 11.8 Å². The maximum atomic E-state index is 12.0. The van der Waals surface area contributed by atoms with E-state index in [1.807, 2.05) is 6.07 Å².